The minimum absolute atomic E-state index is 0.211. The lowest BCUT2D eigenvalue weighted by Gasteiger charge is -2.37. The van der Waals surface area contributed by atoms with Crippen molar-refractivity contribution >= 4 is 45.9 Å². The number of fused-ring (bicyclic) bond motifs is 8. The van der Waals surface area contributed by atoms with Gasteiger partial charge in [0.1, 0.15) is 0 Å². The van der Waals surface area contributed by atoms with Crippen molar-refractivity contribution in [3.8, 4) is 0 Å². The van der Waals surface area contributed by atoms with E-state index in [1.165, 1.54) is 0 Å². The number of Topliss-reactive ketones (excluding diaryl/α,β-unsaturated/α-hetero) is 4. The average Bonchev–Trinajstić information content (AvgIpc) is 2.86. The van der Waals surface area contributed by atoms with Crippen LogP contribution in [0.25, 0.3) is 0 Å². The van der Waals surface area contributed by atoms with Crippen LogP contribution < -0.4 is 0 Å². The second-order valence-electron chi connectivity index (χ2n) is 8.69. The summed E-state index contributed by atoms with van der Waals surface area (Å²) in [7, 11) is 0. The zero-order valence-corrected chi connectivity index (χ0v) is 17.6. The molecule has 6 nitrogen and oxygen atoms in total. The highest BCUT2D eigenvalue weighted by molar-refractivity contribution is 6.45. The lowest BCUT2D eigenvalue weighted by molar-refractivity contribution is -0.124. The summed E-state index contributed by atoms with van der Waals surface area (Å²) in [5.41, 5.74) is 3.75. The van der Waals surface area contributed by atoms with E-state index in [1.807, 2.05) is 0 Å². The Balaban J connectivity index is 1.41. The fraction of sp³-hybridized carbons (Fsp3) is 0.0714. The fourth-order valence-electron chi connectivity index (χ4n) is 5.34. The van der Waals surface area contributed by atoms with Crippen molar-refractivity contribution < 1.29 is 19.2 Å². The first-order valence-corrected chi connectivity index (χ1v) is 10.9. The quantitative estimate of drug-likeness (QED) is 0.616. The van der Waals surface area contributed by atoms with Gasteiger partial charge < -0.3 is 0 Å². The zero-order valence-electron chi connectivity index (χ0n) is 17.6. The van der Waals surface area contributed by atoms with Gasteiger partial charge in [-0.3, -0.25) is 29.2 Å². The molecule has 2 unspecified atom stereocenters. The number of carbonyl (C=O) groups excluding carboxylic acids is 4. The van der Waals surface area contributed by atoms with Crippen molar-refractivity contribution in [1.29, 1.82) is 0 Å². The molecule has 0 amide bonds. The first-order chi connectivity index (χ1) is 16.5. The van der Waals surface area contributed by atoms with Crippen LogP contribution in [-0.2, 0) is 9.59 Å². The second-order valence-corrected chi connectivity index (χ2v) is 8.69. The first-order valence-electron chi connectivity index (χ1n) is 10.9. The van der Waals surface area contributed by atoms with Crippen LogP contribution in [0, 0.1) is 11.8 Å². The number of allylic oxidation sites excluding steroid dienone is 8. The van der Waals surface area contributed by atoms with Gasteiger partial charge in [-0.1, -0.05) is 36.4 Å². The number of aliphatic imine (C=N–C) groups is 2. The Labute approximate surface area is 193 Å². The Morgan fingerprint density at radius 3 is 1.38 bits per heavy atom. The normalized spacial score (nSPS) is 24.0. The lowest BCUT2D eigenvalue weighted by Crippen LogP contribution is -2.48. The number of rotatable bonds is 0. The molecule has 34 heavy (non-hydrogen) atoms. The molecule has 2 heterocycles. The molecule has 6 heteroatoms. The SMILES string of the molecule is O=C1C2=CC=C3C(=O)C4C(=CC=C5C(=O)c6ccccc6N=C54)C(=O)C3C2=Nc2ccccc21. The molecule has 1 saturated carbocycles. The van der Waals surface area contributed by atoms with Crippen molar-refractivity contribution in [2.45, 2.75) is 0 Å². The van der Waals surface area contributed by atoms with Gasteiger partial charge >= 0.3 is 0 Å². The molecule has 2 aliphatic heterocycles. The number of ketones is 4. The summed E-state index contributed by atoms with van der Waals surface area (Å²) in [6.07, 6.45) is 6.26. The molecule has 0 spiro atoms. The molecule has 2 atom stereocenters. The summed E-state index contributed by atoms with van der Waals surface area (Å²) in [5.74, 6) is -2.91. The Hall–Kier alpha value is -4.58. The Kier molecular flexibility index (Phi) is 3.61. The summed E-state index contributed by atoms with van der Waals surface area (Å²) in [4.78, 5) is 63.0. The topological polar surface area (TPSA) is 93.0 Å². The monoisotopic (exact) mass is 442 g/mol. The maximum absolute atomic E-state index is 13.8. The van der Waals surface area contributed by atoms with Crippen molar-refractivity contribution in [3.05, 3.63) is 106 Å². The van der Waals surface area contributed by atoms with Crippen molar-refractivity contribution in [2.75, 3.05) is 0 Å². The Morgan fingerprint density at radius 2 is 0.941 bits per heavy atom. The molecule has 2 aromatic rings. The first kappa shape index (κ1) is 18.9. The van der Waals surface area contributed by atoms with Crippen LogP contribution in [-0.4, -0.2) is 34.6 Å². The van der Waals surface area contributed by atoms with Crippen LogP contribution in [0.3, 0.4) is 0 Å². The number of carbonyl (C=O) groups is 4. The summed E-state index contributed by atoms with van der Waals surface area (Å²) in [6, 6.07) is 13.9. The van der Waals surface area contributed by atoms with E-state index in [1.54, 1.807) is 72.8 Å². The molecule has 5 aliphatic rings. The van der Waals surface area contributed by atoms with E-state index in [4.69, 9.17) is 0 Å². The van der Waals surface area contributed by atoms with Crippen molar-refractivity contribution in [1.82, 2.24) is 0 Å². The standard InChI is InChI=1S/C28H14N2O4/c31-25-13-5-1-3-7-19(13)29-23-17(25)11-9-15-21(23)27(33)16-10-12-18-24(22(16)28(15)34)30-20-8-4-2-6-14(20)26(18)32/h1-12,21-22H. The predicted molar refractivity (Wildman–Crippen MR) is 125 cm³/mol. The van der Waals surface area contributed by atoms with Gasteiger partial charge in [-0.25, -0.2) is 0 Å². The van der Waals surface area contributed by atoms with Crippen molar-refractivity contribution in [2.24, 2.45) is 21.8 Å². The minimum atomic E-state index is -0.950. The van der Waals surface area contributed by atoms with E-state index in [9.17, 15) is 19.2 Å². The van der Waals surface area contributed by atoms with Gasteiger partial charge in [0.05, 0.1) is 34.6 Å². The highest BCUT2D eigenvalue weighted by atomic mass is 16.1. The van der Waals surface area contributed by atoms with Crippen LogP contribution in [0.2, 0.25) is 0 Å². The molecule has 7 rings (SSSR count). The molecule has 0 N–H and O–H groups in total. The van der Waals surface area contributed by atoms with Gasteiger partial charge in [0.25, 0.3) is 0 Å². The highest BCUT2D eigenvalue weighted by Gasteiger charge is 2.51. The summed E-state index contributed by atoms with van der Waals surface area (Å²) in [5, 5.41) is 0. The molecule has 0 radical (unpaired) electrons. The van der Waals surface area contributed by atoms with Crippen LogP contribution in [0.5, 0.6) is 0 Å². The van der Waals surface area contributed by atoms with Crippen molar-refractivity contribution in [3.63, 3.8) is 0 Å². The number of hydrogen-bond donors (Lipinski definition) is 0. The molecule has 0 bridgehead atoms. The third-order valence-electron chi connectivity index (χ3n) is 6.94. The lowest BCUT2D eigenvalue weighted by atomic mass is 9.63. The second kappa shape index (κ2) is 6.48. The van der Waals surface area contributed by atoms with Crippen LogP contribution in [0.1, 0.15) is 20.7 Å². The van der Waals surface area contributed by atoms with Gasteiger partial charge in [-0.05, 0) is 36.4 Å². The molecule has 3 aliphatic carbocycles. The van der Waals surface area contributed by atoms with Gasteiger partial charge in [-0.15, -0.1) is 0 Å². The summed E-state index contributed by atoms with van der Waals surface area (Å²) >= 11 is 0. The molecule has 1 fully saturated rings. The summed E-state index contributed by atoms with van der Waals surface area (Å²) < 4.78 is 0. The largest absolute Gasteiger partial charge is 0.293 e. The van der Waals surface area contributed by atoms with Crippen LogP contribution in [0.15, 0.2) is 105 Å². The fourth-order valence-corrected chi connectivity index (χ4v) is 5.34. The molecule has 0 saturated heterocycles. The highest BCUT2D eigenvalue weighted by Crippen LogP contribution is 2.45. The maximum Gasteiger partial charge on any atom is 0.197 e. The van der Waals surface area contributed by atoms with Gasteiger partial charge in [-0.2, -0.15) is 0 Å². The number of hydrogen-bond acceptors (Lipinski definition) is 6. The van der Waals surface area contributed by atoms with Gasteiger partial charge in [0.15, 0.2) is 23.1 Å². The number of benzene rings is 2. The molecular formula is C28H14N2O4. The average molecular weight is 442 g/mol. The van der Waals surface area contributed by atoms with Crippen LogP contribution >= 0.6 is 0 Å². The number of nitrogens with zero attached hydrogens (tertiary/aromatic N) is 2. The predicted octanol–water partition coefficient (Wildman–Crippen LogP) is 4.04. The molecule has 0 aromatic heterocycles. The van der Waals surface area contributed by atoms with Gasteiger partial charge in [0.2, 0.25) is 0 Å². The molecule has 2 aromatic carbocycles. The smallest absolute Gasteiger partial charge is 0.197 e. The van der Waals surface area contributed by atoms with E-state index in [0.29, 0.717) is 45.1 Å². The Bertz CT molecular complexity index is 1510. The van der Waals surface area contributed by atoms with E-state index >= 15 is 0 Å². The Morgan fingerprint density at radius 1 is 0.529 bits per heavy atom. The van der Waals surface area contributed by atoms with E-state index in [-0.39, 0.29) is 34.3 Å². The molecule has 160 valence electrons. The summed E-state index contributed by atoms with van der Waals surface area (Å²) in [6.45, 7) is 0. The molecular weight excluding hydrogens is 428 g/mol. The van der Waals surface area contributed by atoms with E-state index in [2.05, 4.69) is 9.98 Å². The van der Waals surface area contributed by atoms with E-state index in [0.717, 1.165) is 0 Å². The minimum Gasteiger partial charge on any atom is -0.293 e. The van der Waals surface area contributed by atoms with E-state index < -0.39 is 11.8 Å². The third-order valence-corrected chi connectivity index (χ3v) is 6.94. The van der Waals surface area contributed by atoms with Crippen LogP contribution in [0.4, 0.5) is 11.4 Å². The third kappa shape index (κ3) is 2.29. The maximum atomic E-state index is 13.8. The number of para-hydroxylation sites is 2. The zero-order chi connectivity index (χ0) is 23.1. The van der Waals surface area contributed by atoms with Gasteiger partial charge in [0, 0.05) is 33.4 Å².